The van der Waals surface area contributed by atoms with Crippen LogP contribution in [0.25, 0.3) is 0 Å². The summed E-state index contributed by atoms with van der Waals surface area (Å²) >= 11 is 0. The van der Waals surface area contributed by atoms with Crippen LogP contribution in [0.1, 0.15) is 16.7 Å². The van der Waals surface area contributed by atoms with Gasteiger partial charge in [-0.1, -0.05) is 30.3 Å². The van der Waals surface area contributed by atoms with E-state index in [0.29, 0.717) is 12.2 Å². The van der Waals surface area contributed by atoms with Crippen LogP contribution in [-0.4, -0.2) is 16.8 Å². The second kappa shape index (κ2) is 5.43. The van der Waals surface area contributed by atoms with E-state index in [0.717, 1.165) is 18.5 Å². The van der Waals surface area contributed by atoms with Crippen molar-refractivity contribution in [3.8, 4) is 0 Å². The Morgan fingerprint density at radius 1 is 1.25 bits per heavy atom. The summed E-state index contributed by atoms with van der Waals surface area (Å²) in [7, 11) is 0. The van der Waals surface area contributed by atoms with Gasteiger partial charge in [0, 0.05) is 24.7 Å². The lowest BCUT2D eigenvalue weighted by molar-refractivity contribution is -0.120. The number of nitrogen functional groups attached to an aromatic ring is 1. The Bertz CT molecular complexity index is 639. The van der Waals surface area contributed by atoms with Gasteiger partial charge in [0.1, 0.15) is 5.82 Å². The molecular weight excluding hydrogens is 250 g/mol. The summed E-state index contributed by atoms with van der Waals surface area (Å²) in [5, 5.41) is 3.30. The number of nitrogens with zero attached hydrogens (tertiary/aromatic N) is 1. The molecule has 4 heteroatoms. The van der Waals surface area contributed by atoms with Gasteiger partial charge in [-0.15, -0.1) is 0 Å². The van der Waals surface area contributed by atoms with Crippen LogP contribution in [0.5, 0.6) is 0 Å². The fourth-order valence-corrected chi connectivity index (χ4v) is 2.59. The van der Waals surface area contributed by atoms with Gasteiger partial charge in [-0.25, -0.2) is 4.98 Å². The number of hydrogen-bond acceptors (Lipinski definition) is 4. The molecule has 0 bridgehead atoms. The number of benzene rings is 1. The van der Waals surface area contributed by atoms with Crippen molar-refractivity contribution in [1.82, 2.24) is 10.3 Å². The monoisotopic (exact) mass is 267 g/mol. The predicted molar refractivity (Wildman–Crippen MR) is 78.1 cm³/mol. The fourth-order valence-electron chi connectivity index (χ4n) is 2.59. The average Bonchev–Trinajstić information content (AvgIpc) is 2.49. The number of nitrogens with two attached hydrogens (primary N) is 1. The molecule has 0 fully saturated rings. The number of pyridine rings is 1. The largest absolute Gasteiger partial charge is 0.383 e. The van der Waals surface area contributed by atoms with Gasteiger partial charge in [0.15, 0.2) is 5.78 Å². The zero-order chi connectivity index (χ0) is 13.9. The number of carbonyl (C=O) groups excluding carboxylic acids is 1. The van der Waals surface area contributed by atoms with Gasteiger partial charge in [-0.3, -0.25) is 4.79 Å². The van der Waals surface area contributed by atoms with Crippen molar-refractivity contribution in [2.45, 2.75) is 25.4 Å². The van der Waals surface area contributed by atoms with Crippen LogP contribution in [0.15, 0.2) is 42.6 Å². The van der Waals surface area contributed by atoms with Gasteiger partial charge < -0.3 is 11.1 Å². The normalized spacial score (nSPS) is 17.5. The van der Waals surface area contributed by atoms with E-state index in [1.807, 2.05) is 24.3 Å². The van der Waals surface area contributed by atoms with Crippen molar-refractivity contribution in [3.05, 3.63) is 59.3 Å². The molecule has 20 heavy (non-hydrogen) atoms. The Morgan fingerprint density at radius 3 is 2.85 bits per heavy atom. The standard InChI is InChI=1S/C16H17N3O/c17-16-12(6-3-7-18-16)9-15(20)14-8-11-4-1-2-5-13(11)10-19-14/h1-7,14,19H,8-10H2,(H2,17,18). The maximum absolute atomic E-state index is 12.4. The minimum atomic E-state index is -0.135. The second-order valence-corrected chi connectivity index (χ2v) is 5.10. The zero-order valence-corrected chi connectivity index (χ0v) is 11.2. The van der Waals surface area contributed by atoms with Crippen molar-refractivity contribution < 1.29 is 4.79 Å². The lowest BCUT2D eigenvalue weighted by Crippen LogP contribution is -2.42. The van der Waals surface area contributed by atoms with Crippen LogP contribution < -0.4 is 11.1 Å². The summed E-state index contributed by atoms with van der Waals surface area (Å²) in [5.41, 5.74) is 9.12. The summed E-state index contributed by atoms with van der Waals surface area (Å²) in [5.74, 6) is 0.608. The molecule has 1 aromatic carbocycles. The van der Waals surface area contributed by atoms with Gasteiger partial charge >= 0.3 is 0 Å². The lowest BCUT2D eigenvalue weighted by Gasteiger charge is -2.25. The first-order chi connectivity index (χ1) is 9.74. The van der Waals surface area contributed by atoms with E-state index in [1.54, 1.807) is 6.20 Å². The molecule has 1 aliphatic heterocycles. The number of ketones is 1. The SMILES string of the molecule is Nc1ncccc1CC(=O)C1Cc2ccccc2CN1. The minimum absolute atomic E-state index is 0.135. The van der Waals surface area contributed by atoms with Crippen molar-refractivity contribution in [1.29, 1.82) is 0 Å². The third-order valence-electron chi connectivity index (χ3n) is 3.76. The van der Waals surface area contributed by atoms with Crippen molar-refractivity contribution in [2.75, 3.05) is 5.73 Å². The number of anilines is 1. The van der Waals surface area contributed by atoms with Crippen molar-refractivity contribution in [2.24, 2.45) is 0 Å². The number of hydrogen-bond donors (Lipinski definition) is 2. The van der Waals surface area contributed by atoms with Crippen molar-refractivity contribution >= 4 is 11.6 Å². The van der Waals surface area contributed by atoms with E-state index >= 15 is 0 Å². The minimum Gasteiger partial charge on any atom is -0.383 e. The number of rotatable bonds is 3. The topological polar surface area (TPSA) is 68.0 Å². The van der Waals surface area contributed by atoms with Crippen LogP contribution in [0.3, 0.4) is 0 Å². The molecule has 0 radical (unpaired) electrons. The summed E-state index contributed by atoms with van der Waals surface area (Å²) in [6.07, 6.45) is 2.72. The maximum atomic E-state index is 12.4. The number of Topliss-reactive ketones (excluding diaryl/α,β-unsaturated/α-hetero) is 1. The smallest absolute Gasteiger partial charge is 0.154 e. The van der Waals surface area contributed by atoms with E-state index in [-0.39, 0.29) is 11.8 Å². The molecule has 0 aliphatic carbocycles. The summed E-state index contributed by atoms with van der Waals surface area (Å²) < 4.78 is 0. The molecule has 0 spiro atoms. The molecule has 1 aliphatic rings. The molecule has 4 nitrogen and oxygen atoms in total. The lowest BCUT2D eigenvalue weighted by atomic mass is 9.92. The van der Waals surface area contributed by atoms with Crippen LogP contribution in [0.2, 0.25) is 0 Å². The Kier molecular flexibility index (Phi) is 3.48. The number of nitrogens with one attached hydrogen (secondary N) is 1. The quantitative estimate of drug-likeness (QED) is 0.884. The summed E-state index contributed by atoms with van der Waals surface area (Å²) in [6.45, 7) is 0.745. The maximum Gasteiger partial charge on any atom is 0.154 e. The molecule has 1 unspecified atom stereocenters. The summed E-state index contributed by atoms with van der Waals surface area (Å²) in [6, 6.07) is 11.8. The molecule has 0 saturated heterocycles. The van der Waals surface area contributed by atoms with Gasteiger partial charge in [-0.2, -0.15) is 0 Å². The zero-order valence-electron chi connectivity index (χ0n) is 11.2. The van der Waals surface area contributed by atoms with E-state index in [9.17, 15) is 4.79 Å². The predicted octanol–water partition coefficient (Wildman–Crippen LogP) is 1.49. The van der Waals surface area contributed by atoms with E-state index in [2.05, 4.69) is 22.4 Å². The first-order valence-corrected chi connectivity index (χ1v) is 6.76. The average molecular weight is 267 g/mol. The Hall–Kier alpha value is -2.20. The van der Waals surface area contributed by atoms with Crippen LogP contribution in [0, 0.1) is 0 Å². The first kappa shape index (κ1) is 12.8. The second-order valence-electron chi connectivity index (χ2n) is 5.10. The Balaban J connectivity index is 1.72. The molecular formula is C16H17N3O. The van der Waals surface area contributed by atoms with E-state index < -0.39 is 0 Å². The molecule has 1 aromatic heterocycles. The molecule has 2 heterocycles. The van der Waals surface area contributed by atoms with Gasteiger partial charge in [0.2, 0.25) is 0 Å². The Morgan fingerprint density at radius 2 is 2.05 bits per heavy atom. The number of aromatic nitrogens is 1. The first-order valence-electron chi connectivity index (χ1n) is 6.76. The van der Waals surface area contributed by atoms with E-state index in [4.69, 9.17) is 5.73 Å². The molecule has 102 valence electrons. The molecule has 2 aromatic rings. The van der Waals surface area contributed by atoms with Gasteiger partial charge in [0.05, 0.1) is 6.04 Å². The van der Waals surface area contributed by atoms with Crippen LogP contribution >= 0.6 is 0 Å². The highest BCUT2D eigenvalue weighted by Gasteiger charge is 2.24. The number of carbonyl (C=O) groups is 1. The highest BCUT2D eigenvalue weighted by Crippen LogP contribution is 2.18. The van der Waals surface area contributed by atoms with Crippen LogP contribution in [0.4, 0.5) is 5.82 Å². The number of fused-ring (bicyclic) bond motifs is 1. The summed E-state index contributed by atoms with van der Waals surface area (Å²) in [4.78, 5) is 16.4. The van der Waals surface area contributed by atoms with Gasteiger partial charge in [-0.05, 0) is 23.6 Å². The molecule has 0 saturated carbocycles. The molecule has 3 rings (SSSR count). The van der Waals surface area contributed by atoms with Gasteiger partial charge in [0.25, 0.3) is 0 Å². The highest BCUT2D eigenvalue weighted by molar-refractivity contribution is 5.87. The molecule has 1 atom stereocenters. The fraction of sp³-hybridized carbons (Fsp3) is 0.250. The highest BCUT2D eigenvalue weighted by atomic mass is 16.1. The third-order valence-corrected chi connectivity index (χ3v) is 3.76. The molecule has 3 N–H and O–H groups in total. The van der Waals surface area contributed by atoms with Crippen LogP contribution in [-0.2, 0) is 24.2 Å². The van der Waals surface area contributed by atoms with E-state index in [1.165, 1.54) is 11.1 Å². The third kappa shape index (κ3) is 2.56. The van der Waals surface area contributed by atoms with Crippen molar-refractivity contribution in [3.63, 3.8) is 0 Å². The molecule has 0 amide bonds. The Labute approximate surface area is 118 Å².